The number of carbonyl (C=O) groups is 1. The second-order valence-electron chi connectivity index (χ2n) is 0.620. The van der Waals surface area contributed by atoms with Crippen LogP contribution in [0.4, 0.5) is 0 Å². The highest BCUT2D eigenvalue weighted by molar-refractivity contribution is 6.66. The van der Waals surface area contributed by atoms with E-state index in [-0.39, 0.29) is 0 Å². The molecule has 1 N–H and O–H groups in total. The van der Waals surface area contributed by atoms with E-state index in [9.17, 15) is 4.79 Å². The van der Waals surface area contributed by atoms with Gasteiger partial charge < -0.3 is 5.11 Å². The van der Waals surface area contributed by atoms with Crippen LogP contribution in [-0.4, -0.2) is 10.3 Å². The fraction of sp³-hybridized carbons (Fsp3) is 0. The maximum Gasteiger partial charge on any atom is 0.248 e. The van der Waals surface area contributed by atoms with E-state index in [1.165, 1.54) is 0 Å². The SMILES string of the molecule is O=C(Cl)/C=C/O. The molecular weight excluding hydrogens is 103 g/mol. The summed E-state index contributed by atoms with van der Waals surface area (Å²) in [4.78, 5) is 9.56. The van der Waals surface area contributed by atoms with Gasteiger partial charge in [-0.25, -0.2) is 0 Å². The van der Waals surface area contributed by atoms with Crippen LogP contribution in [0.15, 0.2) is 12.3 Å². The summed E-state index contributed by atoms with van der Waals surface area (Å²) in [6.45, 7) is 0. The van der Waals surface area contributed by atoms with E-state index in [2.05, 4.69) is 0 Å². The van der Waals surface area contributed by atoms with Crippen molar-refractivity contribution in [3.8, 4) is 0 Å². The first-order valence-corrected chi connectivity index (χ1v) is 1.65. The molecule has 0 radical (unpaired) electrons. The molecule has 0 aromatic carbocycles. The first kappa shape index (κ1) is 5.50. The molecule has 0 aromatic heterocycles. The van der Waals surface area contributed by atoms with Crippen LogP contribution in [-0.2, 0) is 4.79 Å². The minimum absolute atomic E-state index is 0.593. The van der Waals surface area contributed by atoms with Gasteiger partial charge in [-0.15, -0.1) is 0 Å². The van der Waals surface area contributed by atoms with Gasteiger partial charge in [-0.3, -0.25) is 4.79 Å². The average molecular weight is 107 g/mol. The summed E-state index contributed by atoms with van der Waals surface area (Å²) in [6.07, 6.45) is 1.44. The van der Waals surface area contributed by atoms with Gasteiger partial charge in [0.1, 0.15) is 0 Å². The van der Waals surface area contributed by atoms with Crippen molar-refractivity contribution in [3.05, 3.63) is 12.3 Å². The molecule has 0 bridgehead atoms. The number of allylic oxidation sites excluding steroid dienone is 1. The Labute approximate surface area is 40.0 Å². The summed E-state index contributed by atoms with van der Waals surface area (Å²) in [5.74, 6) is 0. The number of hydrogen-bond donors (Lipinski definition) is 1. The third-order valence-corrected chi connectivity index (χ3v) is 0.332. The summed E-state index contributed by atoms with van der Waals surface area (Å²) >= 11 is 4.69. The van der Waals surface area contributed by atoms with E-state index in [4.69, 9.17) is 16.7 Å². The lowest BCUT2D eigenvalue weighted by atomic mass is 10.7. The third kappa shape index (κ3) is 3.50. The molecule has 0 spiro atoms. The topological polar surface area (TPSA) is 37.3 Å². The maximum absolute atomic E-state index is 9.56. The Morgan fingerprint density at radius 1 is 1.83 bits per heavy atom. The van der Waals surface area contributed by atoms with E-state index in [1.54, 1.807) is 0 Å². The predicted octanol–water partition coefficient (Wildman–Crippen LogP) is 0.823. The molecule has 34 valence electrons. The summed E-state index contributed by atoms with van der Waals surface area (Å²) in [7, 11) is 0. The van der Waals surface area contributed by atoms with E-state index in [0.717, 1.165) is 6.08 Å². The van der Waals surface area contributed by atoms with Crippen molar-refractivity contribution in [3.63, 3.8) is 0 Å². The second-order valence-corrected chi connectivity index (χ2v) is 0.992. The van der Waals surface area contributed by atoms with Gasteiger partial charge in [0.05, 0.1) is 6.26 Å². The van der Waals surface area contributed by atoms with E-state index >= 15 is 0 Å². The standard InChI is InChI=1S/C3H3ClO2/c4-3(6)1-2-5/h1-2,5H/b2-1+. The molecule has 0 amide bonds. The zero-order valence-electron chi connectivity index (χ0n) is 2.89. The monoisotopic (exact) mass is 106 g/mol. The molecule has 3 heteroatoms. The minimum Gasteiger partial charge on any atom is -0.515 e. The van der Waals surface area contributed by atoms with Crippen LogP contribution in [0.1, 0.15) is 0 Å². The highest BCUT2D eigenvalue weighted by Gasteiger charge is 1.78. The van der Waals surface area contributed by atoms with E-state index in [0.29, 0.717) is 6.26 Å². The fourth-order valence-electron chi connectivity index (χ4n) is 0.0586. The molecule has 0 aliphatic carbocycles. The van der Waals surface area contributed by atoms with Crippen molar-refractivity contribution in [2.75, 3.05) is 0 Å². The van der Waals surface area contributed by atoms with Crippen LogP contribution in [0.2, 0.25) is 0 Å². The molecule has 2 nitrogen and oxygen atoms in total. The highest BCUT2D eigenvalue weighted by Crippen LogP contribution is 1.77. The largest absolute Gasteiger partial charge is 0.515 e. The van der Waals surface area contributed by atoms with Gasteiger partial charge in [0, 0.05) is 6.08 Å². The van der Waals surface area contributed by atoms with Gasteiger partial charge in [0.2, 0.25) is 5.24 Å². The van der Waals surface area contributed by atoms with Crippen LogP contribution < -0.4 is 0 Å². The molecule has 0 unspecified atom stereocenters. The van der Waals surface area contributed by atoms with Gasteiger partial charge in [-0.05, 0) is 11.6 Å². The first-order valence-electron chi connectivity index (χ1n) is 1.27. The molecule has 0 heterocycles. The smallest absolute Gasteiger partial charge is 0.248 e. The lowest BCUT2D eigenvalue weighted by Gasteiger charge is -1.65. The van der Waals surface area contributed by atoms with Crippen molar-refractivity contribution >= 4 is 16.8 Å². The highest BCUT2D eigenvalue weighted by atomic mass is 35.5. The summed E-state index contributed by atoms with van der Waals surface area (Å²) < 4.78 is 0. The zero-order chi connectivity index (χ0) is 4.99. The lowest BCUT2D eigenvalue weighted by Crippen LogP contribution is -1.71. The van der Waals surface area contributed by atoms with Crippen LogP contribution in [0.5, 0.6) is 0 Å². The van der Waals surface area contributed by atoms with Gasteiger partial charge in [-0.2, -0.15) is 0 Å². The Hall–Kier alpha value is -0.500. The Bertz CT molecular complexity index is 76.9. The number of halogens is 1. The number of hydrogen-bond acceptors (Lipinski definition) is 2. The number of carbonyl (C=O) groups excluding carboxylic acids is 1. The van der Waals surface area contributed by atoms with Gasteiger partial charge in [0.15, 0.2) is 0 Å². The lowest BCUT2D eigenvalue weighted by molar-refractivity contribution is -0.107. The van der Waals surface area contributed by atoms with Gasteiger partial charge in [0.25, 0.3) is 0 Å². The van der Waals surface area contributed by atoms with Crippen LogP contribution in [0.3, 0.4) is 0 Å². The summed E-state index contributed by atoms with van der Waals surface area (Å²) in [6, 6.07) is 0. The van der Waals surface area contributed by atoms with Crippen molar-refractivity contribution < 1.29 is 9.90 Å². The molecule has 0 saturated carbocycles. The molecule has 0 rings (SSSR count). The number of aliphatic hydroxyl groups is 1. The summed E-state index contributed by atoms with van der Waals surface area (Å²) in [5, 5.41) is 7.08. The molecule has 0 atom stereocenters. The van der Waals surface area contributed by atoms with Crippen molar-refractivity contribution in [1.82, 2.24) is 0 Å². The van der Waals surface area contributed by atoms with Crippen molar-refractivity contribution in [2.45, 2.75) is 0 Å². The van der Waals surface area contributed by atoms with Crippen LogP contribution in [0, 0.1) is 0 Å². The first-order chi connectivity index (χ1) is 2.77. The molecular formula is C3H3ClO2. The molecule has 0 fully saturated rings. The summed E-state index contributed by atoms with van der Waals surface area (Å²) in [5.41, 5.74) is 0. The normalized spacial score (nSPS) is 9.50. The number of rotatable bonds is 1. The predicted molar refractivity (Wildman–Crippen MR) is 22.6 cm³/mol. The van der Waals surface area contributed by atoms with Crippen molar-refractivity contribution in [2.24, 2.45) is 0 Å². The second kappa shape index (κ2) is 2.72. The van der Waals surface area contributed by atoms with Gasteiger partial charge in [-0.1, -0.05) is 0 Å². The maximum atomic E-state index is 9.56. The quantitative estimate of drug-likeness (QED) is 0.305. The molecule has 6 heavy (non-hydrogen) atoms. The molecule has 0 saturated heterocycles. The fourth-order valence-corrected chi connectivity index (χ4v) is 0.115. The zero-order valence-corrected chi connectivity index (χ0v) is 3.64. The van der Waals surface area contributed by atoms with Crippen LogP contribution >= 0.6 is 11.6 Å². The van der Waals surface area contributed by atoms with Crippen molar-refractivity contribution in [1.29, 1.82) is 0 Å². The van der Waals surface area contributed by atoms with E-state index < -0.39 is 5.24 Å². The van der Waals surface area contributed by atoms with E-state index in [1.807, 2.05) is 0 Å². The molecule has 0 aromatic rings. The average Bonchev–Trinajstić information content (AvgIpc) is 1.35. The Morgan fingerprint density at radius 3 is 2.33 bits per heavy atom. The third-order valence-electron chi connectivity index (χ3n) is 0.206. The minimum atomic E-state index is -0.669. The Kier molecular flexibility index (Phi) is 2.50. The molecule has 0 aliphatic rings. The molecule has 0 aliphatic heterocycles. The van der Waals surface area contributed by atoms with Gasteiger partial charge >= 0.3 is 0 Å². The number of aliphatic hydroxyl groups excluding tert-OH is 1. The Balaban J connectivity index is 3.30. The van der Waals surface area contributed by atoms with Crippen LogP contribution in [0.25, 0.3) is 0 Å². The Morgan fingerprint density at radius 2 is 2.33 bits per heavy atom.